The van der Waals surface area contributed by atoms with E-state index in [0.717, 1.165) is 0 Å². The van der Waals surface area contributed by atoms with Crippen molar-refractivity contribution in [2.24, 2.45) is 7.05 Å². The number of benzene rings is 1. The average molecular weight is 267 g/mol. The minimum atomic E-state index is -0.448. The molecule has 94 valence electrons. The summed E-state index contributed by atoms with van der Waals surface area (Å²) in [6.45, 7) is 0. The third-order valence-corrected chi connectivity index (χ3v) is 3.07. The van der Waals surface area contributed by atoms with E-state index in [0.29, 0.717) is 5.82 Å². The Labute approximate surface area is 109 Å². The third-order valence-electron chi connectivity index (χ3n) is 2.71. The molecule has 0 spiro atoms. The van der Waals surface area contributed by atoms with Crippen LogP contribution in [0, 0.1) is 5.82 Å². The van der Waals surface area contributed by atoms with E-state index in [1.807, 2.05) is 7.05 Å². The Kier molecular flexibility index (Phi) is 3.77. The molecule has 0 amide bonds. The number of aryl methyl sites for hydroxylation is 1. The fourth-order valence-corrected chi connectivity index (χ4v) is 1.93. The van der Waals surface area contributed by atoms with Crippen molar-refractivity contribution in [2.45, 2.75) is 12.8 Å². The van der Waals surface area contributed by atoms with Crippen LogP contribution in [0.25, 0.3) is 0 Å². The molecule has 0 bridgehead atoms. The number of imidazole rings is 1. The normalized spacial score (nSPS) is 10.6. The van der Waals surface area contributed by atoms with Crippen LogP contribution in [0.1, 0.15) is 11.4 Å². The molecule has 3 nitrogen and oxygen atoms in total. The summed E-state index contributed by atoms with van der Waals surface area (Å²) in [6.07, 6.45) is 3.55. The highest BCUT2D eigenvalue weighted by Gasteiger charge is 2.13. The zero-order chi connectivity index (χ0) is 13.1. The number of carbonyl (C=O) groups excluding carboxylic acids is 1. The van der Waals surface area contributed by atoms with Crippen LogP contribution in [0.4, 0.5) is 4.39 Å². The monoisotopic (exact) mass is 266 g/mol. The van der Waals surface area contributed by atoms with Gasteiger partial charge in [0.1, 0.15) is 17.4 Å². The van der Waals surface area contributed by atoms with Gasteiger partial charge >= 0.3 is 0 Å². The van der Waals surface area contributed by atoms with Gasteiger partial charge in [0.05, 0.1) is 6.42 Å². The molecule has 1 aromatic carbocycles. The molecule has 0 N–H and O–H groups in total. The van der Waals surface area contributed by atoms with Gasteiger partial charge in [-0.25, -0.2) is 9.37 Å². The molecule has 1 heterocycles. The predicted molar refractivity (Wildman–Crippen MR) is 67.0 cm³/mol. The maximum atomic E-state index is 13.5. The Bertz CT molecular complexity index is 560. The number of Topliss-reactive ketones (excluding diaryl/α,β-unsaturated/α-hetero) is 1. The van der Waals surface area contributed by atoms with Crippen LogP contribution in [0.15, 0.2) is 30.6 Å². The second kappa shape index (κ2) is 5.31. The van der Waals surface area contributed by atoms with E-state index in [1.165, 1.54) is 12.1 Å². The summed E-state index contributed by atoms with van der Waals surface area (Å²) in [5.41, 5.74) is 0.248. The maximum absolute atomic E-state index is 13.5. The molecule has 18 heavy (non-hydrogen) atoms. The highest BCUT2D eigenvalue weighted by atomic mass is 35.5. The Hall–Kier alpha value is -1.68. The molecule has 0 aliphatic carbocycles. The molecule has 0 unspecified atom stereocenters. The summed E-state index contributed by atoms with van der Waals surface area (Å²) in [6, 6.07) is 4.40. The summed E-state index contributed by atoms with van der Waals surface area (Å²) in [5.74, 6) is 0.0967. The van der Waals surface area contributed by atoms with Crippen molar-refractivity contribution in [1.29, 1.82) is 0 Å². The lowest BCUT2D eigenvalue weighted by Gasteiger charge is -2.05. The fourth-order valence-electron chi connectivity index (χ4n) is 1.70. The van der Waals surface area contributed by atoms with Crippen LogP contribution in [0.2, 0.25) is 5.02 Å². The number of halogens is 2. The Morgan fingerprint density at radius 3 is 2.83 bits per heavy atom. The summed E-state index contributed by atoms with van der Waals surface area (Å²) in [4.78, 5) is 15.9. The Morgan fingerprint density at radius 1 is 1.44 bits per heavy atom. The topological polar surface area (TPSA) is 34.9 Å². The minimum absolute atomic E-state index is 0.0155. The van der Waals surface area contributed by atoms with Gasteiger partial charge in [-0.05, 0) is 12.1 Å². The summed E-state index contributed by atoms with van der Waals surface area (Å²) in [5, 5.41) is 0.281. The van der Waals surface area contributed by atoms with Crippen molar-refractivity contribution in [3.8, 4) is 0 Å². The molecular weight excluding hydrogens is 255 g/mol. The summed E-state index contributed by atoms with van der Waals surface area (Å²) < 4.78 is 15.3. The highest BCUT2D eigenvalue weighted by Crippen LogP contribution is 2.20. The third kappa shape index (κ3) is 2.76. The van der Waals surface area contributed by atoms with Gasteiger partial charge < -0.3 is 4.57 Å². The molecule has 0 aliphatic rings. The zero-order valence-electron chi connectivity index (χ0n) is 9.86. The number of hydrogen-bond donors (Lipinski definition) is 0. The number of carbonyl (C=O) groups is 1. The molecule has 0 fully saturated rings. The first kappa shape index (κ1) is 12.8. The largest absolute Gasteiger partial charge is 0.338 e. The van der Waals surface area contributed by atoms with Crippen LogP contribution in [-0.2, 0) is 24.7 Å². The molecule has 0 aliphatic heterocycles. The van der Waals surface area contributed by atoms with Gasteiger partial charge in [0.15, 0.2) is 0 Å². The van der Waals surface area contributed by atoms with Gasteiger partial charge in [0.25, 0.3) is 0 Å². The van der Waals surface area contributed by atoms with Crippen molar-refractivity contribution >= 4 is 17.4 Å². The van der Waals surface area contributed by atoms with E-state index in [2.05, 4.69) is 4.98 Å². The van der Waals surface area contributed by atoms with E-state index in [-0.39, 0.29) is 29.2 Å². The lowest BCUT2D eigenvalue weighted by Crippen LogP contribution is -2.11. The minimum Gasteiger partial charge on any atom is -0.338 e. The van der Waals surface area contributed by atoms with Gasteiger partial charge in [-0.3, -0.25) is 4.79 Å². The summed E-state index contributed by atoms with van der Waals surface area (Å²) in [7, 11) is 1.81. The van der Waals surface area contributed by atoms with Gasteiger partial charge in [0, 0.05) is 36.4 Å². The first-order valence-electron chi connectivity index (χ1n) is 5.48. The molecule has 5 heteroatoms. The van der Waals surface area contributed by atoms with E-state index in [9.17, 15) is 9.18 Å². The number of ketones is 1. The van der Waals surface area contributed by atoms with Crippen molar-refractivity contribution in [1.82, 2.24) is 9.55 Å². The fraction of sp³-hybridized carbons (Fsp3) is 0.231. The Morgan fingerprint density at radius 2 is 2.22 bits per heavy atom. The number of aromatic nitrogens is 2. The summed E-state index contributed by atoms with van der Waals surface area (Å²) >= 11 is 5.87. The molecule has 0 atom stereocenters. The van der Waals surface area contributed by atoms with E-state index < -0.39 is 5.82 Å². The van der Waals surface area contributed by atoms with Crippen molar-refractivity contribution in [3.63, 3.8) is 0 Å². The highest BCUT2D eigenvalue weighted by molar-refractivity contribution is 6.31. The number of hydrogen-bond acceptors (Lipinski definition) is 2. The Balaban J connectivity index is 2.10. The lowest BCUT2D eigenvalue weighted by molar-refractivity contribution is -0.118. The SMILES string of the molecule is Cn1ccnc1CC(=O)Cc1c(F)cccc1Cl. The van der Waals surface area contributed by atoms with Crippen LogP contribution < -0.4 is 0 Å². The van der Waals surface area contributed by atoms with E-state index in [4.69, 9.17) is 11.6 Å². The molecule has 2 aromatic rings. The van der Waals surface area contributed by atoms with Crippen LogP contribution in [-0.4, -0.2) is 15.3 Å². The quantitative estimate of drug-likeness (QED) is 0.852. The van der Waals surface area contributed by atoms with Gasteiger partial charge in [0.2, 0.25) is 0 Å². The molecule has 2 rings (SSSR count). The lowest BCUT2D eigenvalue weighted by atomic mass is 10.1. The first-order chi connectivity index (χ1) is 8.58. The van der Waals surface area contributed by atoms with Gasteiger partial charge in [-0.2, -0.15) is 0 Å². The van der Waals surface area contributed by atoms with E-state index in [1.54, 1.807) is 23.0 Å². The molecule has 1 aromatic heterocycles. The van der Waals surface area contributed by atoms with Crippen LogP contribution in [0.5, 0.6) is 0 Å². The van der Waals surface area contributed by atoms with Crippen LogP contribution >= 0.6 is 11.6 Å². The van der Waals surface area contributed by atoms with Crippen LogP contribution in [0.3, 0.4) is 0 Å². The maximum Gasteiger partial charge on any atom is 0.144 e. The smallest absolute Gasteiger partial charge is 0.144 e. The standard InChI is InChI=1S/C13H12ClFN2O/c1-17-6-5-16-13(17)8-9(18)7-10-11(14)3-2-4-12(10)15/h2-6H,7-8H2,1H3. The van der Waals surface area contributed by atoms with Gasteiger partial charge in [-0.1, -0.05) is 17.7 Å². The first-order valence-corrected chi connectivity index (χ1v) is 5.86. The zero-order valence-corrected chi connectivity index (χ0v) is 10.6. The number of nitrogens with zero attached hydrogens (tertiary/aromatic N) is 2. The van der Waals surface area contributed by atoms with Crippen molar-refractivity contribution in [2.75, 3.05) is 0 Å². The second-order valence-corrected chi connectivity index (χ2v) is 4.45. The van der Waals surface area contributed by atoms with E-state index >= 15 is 0 Å². The molecule has 0 saturated carbocycles. The van der Waals surface area contributed by atoms with Crippen molar-refractivity contribution in [3.05, 3.63) is 52.8 Å². The number of rotatable bonds is 4. The molecule has 0 saturated heterocycles. The van der Waals surface area contributed by atoms with Gasteiger partial charge in [-0.15, -0.1) is 0 Å². The molecular formula is C13H12ClFN2O. The average Bonchev–Trinajstić information content (AvgIpc) is 2.70. The second-order valence-electron chi connectivity index (χ2n) is 4.05. The van der Waals surface area contributed by atoms with Crippen molar-refractivity contribution < 1.29 is 9.18 Å². The predicted octanol–water partition coefficient (Wildman–Crippen LogP) is 2.57. The molecule has 0 radical (unpaired) electrons.